The highest BCUT2D eigenvalue weighted by atomic mass is 127. The highest BCUT2D eigenvalue weighted by Crippen LogP contribution is 2.37. The molecule has 104 valence electrons. The van der Waals surface area contributed by atoms with Crippen molar-refractivity contribution in [3.05, 3.63) is 20.9 Å². The van der Waals surface area contributed by atoms with Gasteiger partial charge in [0.05, 0.1) is 18.1 Å². The van der Waals surface area contributed by atoms with Crippen LogP contribution in [-0.2, 0) is 12.6 Å². The third kappa shape index (κ3) is 4.41. The van der Waals surface area contributed by atoms with Gasteiger partial charge in [-0.15, -0.1) is 13.2 Å². The first-order valence-electron chi connectivity index (χ1n) is 4.44. The van der Waals surface area contributed by atoms with Gasteiger partial charge in [0.15, 0.2) is 0 Å². The number of rotatable bonds is 2. The van der Waals surface area contributed by atoms with E-state index in [2.05, 4.69) is 9.72 Å². The van der Waals surface area contributed by atoms with E-state index in [4.69, 9.17) is 5.26 Å². The van der Waals surface area contributed by atoms with Crippen molar-refractivity contribution >= 4 is 22.6 Å². The Balaban J connectivity index is 3.45. The van der Waals surface area contributed by atoms with Crippen LogP contribution in [0.2, 0.25) is 0 Å². The van der Waals surface area contributed by atoms with Crippen LogP contribution in [0.1, 0.15) is 11.1 Å². The van der Waals surface area contributed by atoms with Crippen LogP contribution in [0.3, 0.4) is 0 Å². The summed E-state index contributed by atoms with van der Waals surface area (Å²) in [5.41, 5.74) is -2.31. The van der Waals surface area contributed by atoms with Crippen LogP contribution < -0.4 is 4.74 Å². The molecule has 0 amide bonds. The number of ether oxygens (including phenoxy) is 1. The Morgan fingerprint density at radius 3 is 2.26 bits per heavy atom. The molecule has 10 heteroatoms. The molecule has 1 aromatic heterocycles. The van der Waals surface area contributed by atoms with Crippen LogP contribution in [0.4, 0.5) is 26.3 Å². The van der Waals surface area contributed by atoms with Crippen LogP contribution in [0, 0.1) is 15.0 Å². The van der Waals surface area contributed by atoms with Crippen molar-refractivity contribution in [3.63, 3.8) is 0 Å². The summed E-state index contributed by atoms with van der Waals surface area (Å²) in [6, 6.07) is 1.90. The van der Waals surface area contributed by atoms with Crippen molar-refractivity contribution < 1.29 is 31.1 Å². The van der Waals surface area contributed by atoms with E-state index in [9.17, 15) is 26.3 Å². The lowest BCUT2D eigenvalue weighted by Gasteiger charge is -2.16. The van der Waals surface area contributed by atoms with Gasteiger partial charge in [-0.25, -0.2) is 4.98 Å². The number of nitrogens with zero attached hydrogens (tertiary/aromatic N) is 2. The second-order valence-corrected chi connectivity index (χ2v) is 4.26. The van der Waals surface area contributed by atoms with E-state index in [1.807, 2.05) is 0 Å². The molecular weight excluding hydrogens is 393 g/mol. The quantitative estimate of drug-likeness (QED) is 0.436. The molecule has 1 heterocycles. The van der Waals surface area contributed by atoms with Gasteiger partial charge in [-0.05, 0) is 28.7 Å². The normalized spacial score (nSPS) is 12.1. The molecule has 0 aliphatic carbocycles. The number of aromatic nitrogens is 1. The Morgan fingerprint density at radius 2 is 1.84 bits per heavy atom. The summed E-state index contributed by atoms with van der Waals surface area (Å²) in [5, 5.41) is 8.42. The van der Waals surface area contributed by atoms with Crippen LogP contribution in [0.5, 0.6) is 5.88 Å². The summed E-state index contributed by atoms with van der Waals surface area (Å²) in [6.45, 7) is 0. The standard InChI is InChI=1S/C9H3F6IN2O/c10-8(11,12)5-3-6(16)18-7(4(5)1-2-17)19-9(13,14)15/h3H,1H2. The number of hydrogen-bond acceptors (Lipinski definition) is 3. The Morgan fingerprint density at radius 1 is 1.26 bits per heavy atom. The molecule has 19 heavy (non-hydrogen) atoms. The van der Waals surface area contributed by atoms with Gasteiger partial charge < -0.3 is 4.74 Å². The van der Waals surface area contributed by atoms with Crippen molar-refractivity contribution in [2.75, 3.05) is 0 Å². The van der Waals surface area contributed by atoms with Crippen LogP contribution in [0.15, 0.2) is 6.07 Å². The fraction of sp³-hybridized carbons (Fsp3) is 0.333. The van der Waals surface area contributed by atoms with Crippen molar-refractivity contribution in [2.45, 2.75) is 19.0 Å². The number of halogens is 7. The molecule has 0 radical (unpaired) electrons. The topological polar surface area (TPSA) is 45.9 Å². The van der Waals surface area contributed by atoms with E-state index >= 15 is 0 Å². The molecule has 0 unspecified atom stereocenters. The molecular formula is C9H3F6IN2O. The van der Waals surface area contributed by atoms with Gasteiger partial charge in [0, 0.05) is 5.56 Å². The fourth-order valence-electron chi connectivity index (χ4n) is 1.22. The second kappa shape index (κ2) is 5.40. The van der Waals surface area contributed by atoms with Gasteiger partial charge in [0.2, 0.25) is 5.88 Å². The highest BCUT2D eigenvalue weighted by Gasteiger charge is 2.39. The van der Waals surface area contributed by atoms with Gasteiger partial charge >= 0.3 is 12.5 Å². The van der Waals surface area contributed by atoms with E-state index in [1.165, 1.54) is 28.7 Å². The van der Waals surface area contributed by atoms with Gasteiger partial charge in [-0.2, -0.15) is 18.4 Å². The third-order valence-electron chi connectivity index (χ3n) is 1.83. The number of nitriles is 1. The molecule has 3 nitrogen and oxygen atoms in total. The minimum atomic E-state index is -5.19. The number of pyridine rings is 1. The van der Waals surface area contributed by atoms with Gasteiger partial charge in [-0.1, -0.05) is 0 Å². The highest BCUT2D eigenvalue weighted by molar-refractivity contribution is 14.1. The van der Waals surface area contributed by atoms with Gasteiger partial charge in [-0.3, -0.25) is 0 Å². The van der Waals surface area contributed by atoms with E-state index in [1.54, 1.807) is 0 Å². The molecule has 0 saturated carbocycles. The lowest BCUT2D eigenvalue weighted by molar-refractivity contribution is -0.276. The van der Waals surface area contributed by atoms with Crippen molar-refractivity contribution in [2.24, 2.45) is 0 Å². The number of alkyl halides is 6. The lowest BCUT2D eigenvalue weighted by Crippen LogP contribution is -2.21. The Hall–Kier alpha value is -1.25. The summed E-state index contributed by atoms with van der Waals surface area (Å²) in [7, 11) is 0. The van der Waals surface area contributed by atoms with E-state index in [0.717, 1.165) is 0 Å². The molecule has 0 bridgehead atoms. The Labute approximate surface area is 116 Å². The smallest absolute Gasteiger partial charge is 0.387 e. The number of hydrogen-bond donors (Lipinski definition) is 0. The van der Waals surface area contributed by atoms with E-state index in [-0.39, 0.29) is 3.70 Å². The molecule has 0 fully saturated rings. The van der Waals surface area contributed by atoms with E-state index < -0.39 is 36.0 Å². The average molecular weight is 396 g/mol. The largest absolute Gasteiger partial charge is 0.574 e. The van der Waals surface area contributed by atoms with Crippen molar-refractivity contribution in [1.29, 1.82) is 5.26 Å². The second-order valence-electron chi connectivity index (χ2n) is 3.16. The zero-order valence-electron chi connectivity index (χ0n) is 8.73. The molecule has 1 rings (SSSR count). The van der Waals surface area contributed by atoms with E-state index in [0.29, 0.717) is 6.07 Å². The SMILES string of the molecule is N#CCc1c(C(F)(F)F)cc(I)nc1OC(F)(F)F. The molecule has 0 aliphatic heterocycles. The predicted molar refractivity (Wildman–Crippen MR) is 58.0 cm³/mol. The summed E-state index contributed by atoms with van der Waals surface area (Å²) in [6.07, 6.45) is -11.0. The minimum Gasteiger partial charge on any atom is -0.387 e. The first kappa shape index (κ1) is 15.8. The molecule has 1 aromatic rings. The first-order chi connectivity index (χ1) is 8.54. The first-order valence-corrected chi connectivity index (χ1v) is 5.52. The van der Waals surface area contributed by atoms with Crippen molar-refractivity contribution in [3.8, 4) is 11.9 Å². The van der Waals surface area contributed by atoms with Gasteiger partial charge in [0.1, 0.15) is 3.70 Å². The van der Waals surface area contributed by atoms with Crippen LogP contribution in [0.25, 0.3) is 0 Å². The average Bonchev–Trinajstić information content (AvgIpc) is 2.17. The van der Waals surface area contributed by atoms with Gasteiger partial charge in [0.25, 0.3) is 0 Å². The fourth-order valence-corrected chi connectivity index (χ4v) is 1.75. The van der Waals surface area contributed by atoms with Crippen molar-refractivity contribution in [1.82, 2.24) is 4.98 Å². The lowest BCUT2D eigenvalue weighted by atomic mass is 10.1. The van der Waals surface area contributed by atoms with Crippen LogP contribution in [-0.4, -0.2) is 11.3 Å². The molecule has 0 atom stereocenters. The zero-order chi connectivity index (χ0) is 14.8. The maximum absolute atomic E-state index is 12.7. The maximum atomic E-state index is 12.7. The Kier molecular flexibility index (Phi) is 4.49. The molecule has 0 aromatic carbocycles. The minimum absolute atomic E-state index is 0.328. The Bertz CT molecular complexity index is 519. The van der Waals surface area contributed by atoms with Crippen LogP contribution >= 0.6 is 22.6 Å². The molecule has 0 aliphatic rings. The third-order valence-corrected chi connectivity index (χ3v) is 2.38. The monoisotopic (exact) mass is 396 g/mol. The summed E-state index contributed by atoms with van der Waals surface area (Å²) in [5.74, 6) is -1.26. The zero-order valence-corrected chi connectivity index (χ0v) is 10.9. The maximum Gasteiger partial charge on any atom is 0.574 e. The molecule has 0 saturated heterocycles. The molecule has 0 spiro atoms. The molecule has 0 N–H and O–H groups in total. The summed E-state index contributed by atoms with van der Waals surface area (Å²) < 4.78 is 77.4. The predicted octanol–water partition coefficient (Wildman–Crippen LogP) is 3.67. The summed E-state index contributed by atoms with van der Waals surface area (Å²) >= 11 is 1.33. The summed E-state index contributed by atoms with van der Waals surface area (Å²) in [4.78, 5) is 3.24.